The first-order chi connectivity index (χ1) is 9.01. The number of sulfone groups is 1. The normalized spacial score (nSPS) is 13.9. The molecule has 0 radical (unpaired) electrons. The molecule has 1 aromatic heterocycles. The van der Waals surface area contributed by atoms with Crippen LogP contribution >= 0.6 is 0 Å². The minimum Gasteiger partial charge on any atom is -0.366 e. The SMILES string of the molecule is CC(CS(C)(=O)=O)Nc1cc(NN)nc(C(C)(C)C)n1. The highest BCUT2D eigenvalue weighted by Gasteiger charge is 2.20. The van der Waals surface area contributed by atoms with Gasteiger partial charge in [0.2, 0.25) is 0 Å². The molecule has 1 atom stereocenters. The number of nitrogens with two attached hydrogens (primary N) is 1. The summed E-state index contributed by atoms with van der Waals surface area (Å²) in [6, 6.07) is 1.40. The fourth-order valence-corrected chi connectivity index (χ4v) is 2.67. The molecule has 8 heteroatoms. The van der Waals surface area contributed by atoms with Crippen molar-refractivity contribution in [3.63, 3.8) is 0 Å². The summed E-state index contributed by atoms with van der Waals surface area (Å²) in [5, 5.41) is 3.06. The van der Waals surface area contributed by atoms with Gasteiger partial charge in [0, 0.05) is 23.8 Å². The highest BCUT2D eigenvalue weighted by molar-refractivity contribution is 7.90. The fourth-order valence-electron chi connectivity index (χ4n) is 1.68. The summed E-state index contributed by atoms with van der Waals surface area (Å²) in [5.41, 5.74) is 2.26. The van der Waals surface area contributed by atoms with E-state index < -0.39 is 9.84 Å². The molecule has 1 rings (SSSR count). The van der Waals surface area contributed by atoms with Crippen LogP contribution in [0.2, 0.25) is 0 Å². The molecule has 0 saturated carbocycles. The van der Waals surface area contributed by atoms with Crippen LogP contribution in [-0.4, -0.2) is 36.4 Å². The van der Waals surface area contributed by atoms with Gasteiger partial charge in [0.1, 0.15) is 27.3 Å². The van der Waals surface area contributed by atoms with E-state index in [0.717, 1.165) is 0 Å². The second-order valence-corrected chi connectivity index (χ2v) is 8.18. The van der Waals surface area contributed by atoms with Gasteiger partial charge in [0.05, 0.1) is 5.75 Å². The average Bonchev–Trinajstić information content (AvgIpc) is 2.24. The Morgan fingerprint density at radius 1 is 1.30 bits per heavy atom. The topological polar surface area (TPSA) is 110 Å². The second kappa shape index (κ2) is 5.92. The maximum Gasteiger partial charge on any atom is 0.149 e. The van der Waals surface area contributed by atoms with Crippen molar-refractivity contribution in [2.75, 3.05) is 22.8 Å². The molecule has 0 aliphatic carbocycles. The molecule has 1 aromatic rings. The van der Waals surface area contributed by atoms with Crippen molar-refractivity contribution in [1.82, 2.24) is 9.97 Å². The van der Waals surface area contributed by atoms with E-state index in [-0.39, 0.29) is 17.2 Å². The van der Waals surface area contributed by atoms with Crippen molar-refractivity contribution < 1.29 is 8.42 Å². The maximum absolute atomic E-state index is 11.3. The predicted molar refractivity (Wildman–Crippen MR) is 81.3 cm³/mol. The molecule has 0 bridgehead atoms. The van der Waals surface area contributed by atoms with Gasteiger partial charge in [-0.25, -0.2) is 24.2 Å². The molecular formula is C12H23N5O2S. The number of nitrogen functional groups attached to an aromatic ring is 1. The third-order valence-corrected chi connectivity index (χ3v) is 3.60. The Kier molecular flexibility index (Phi) is 4.93. The molecule has 1 heterocycles. The lowest BCUT2D eigenvalue weighted by molar-refractivity contribution is 0.546. The van der Waals surface area contributed by atoms with Gasteiger partial charge in [0.25, 0.3) is 0 Å². The van der Waals surface area contributed by atoms with Crippen LogP contribution in [0.25, 0.3) is 0 Å². The summed E-state index contributed by atoms with van der Waals surface area (Å²) in [5.74, 6) is 7.10. The van der Waals surface area contributed by atoms with E-state index in [1.807, 2.05) is 20.8 Å². The number of hydrogen-bond acceptors (Lipinski definition) is 7. The Hall–Kier alpha value is -1.41. The molecule has 0 aliphatic heterocycles. The van der Waals surface area contributed by atoms with E-state index in [1.165, 1.54) is 6.26 Å². The highest BCUT2D eigenvalue weighted by atomic mass is 32.2. The number of hydrogen-bond donors (Lipinski definition) is 3. The summed E-state index contributed by atoms with van der Waals surface area (Å²) in [6.07, 6.45) is 1.21. The van der Waals surface area contributed by atoms with Gasteiger partial charge < -0.3 is 10.7 Å². The monoisotopic (exact) mass is 301 g/mol. The van der Waals surface area contributed by atoms with E-state index in [0.29, 0.717) is 17.5 Å². The Morgan fingerprint density at radius 3 is 2.30 bits per heavy atom. The van der Waals surface area contributed by atoms with Crippen LogP contribution < -0.4 is 16.6 Å². The molecule has 0 aliphatic rings. The van der Waals surface area contributed by atoms with E-state index >= 15 is 0 Å². The third-order valence-electron chi connectivity index (χ3n) is 2.49. The predicted octanol–water partition coefficient (Wildman–Crippen LogP) is 0.905. The summed E-state index contributed by atoms with van der Waals surface area (Å²) < 4.78 is 22.6. The molecule has 7 nitrogen and oxygen atoms in total. The van der Waals surface area contributed by atoms with E-state index in [1.54, 1.807) is 13.0 Å². The Morgan fingerprint density at radius 2 is 1.85 bits per heavy atom. The molecular weight excluding hydrogens is 278 g/mol. The zero-order valence-electron chi connectivity index (χ0n) is 12.6. The number of aromatic nitrogens is 2. The lowest BCUT2D eigenvalue weighted by Gasteiger charge is -2.20. The van der Waals surface area contributed by atoms with Crippen LogP contribution in [0.15, 0.2) is 6.07 Å². The summed E-state index contributed by atoms with van der Waals surface area (Å²) in [4.78, 5) is 8.71. The highest BCUT2D eigenvalue weighted by Crippen LogP contribution is 2.22. The van der Waals surface area contributed by atoms with Gasteiger partial charge in [0.15, 0.2) is 0 Å². The lowest BCUT2D eigenvalue weighted by atomic mass is 9.96. The molecule has 114 valence electrons. The maximum atomic E-state index is 11.3. The van der Waals surface area contributed by atoms with E-state index in [2.05, 4.69) is 20.7 Å². The van der Waals surface area contributed by atoms with Gasteiger partial charge in [-0.15, -0.1) is 0 Å². The smallest absolute Gasteiger partial charge is 0.149 e. The van der Waals surface area contributed by atoms with Gasteiger partial charge in [-0.1, -0.05) is 20.8 Å². The summed E-state index contributed by atoms with van der Waals surface area (Å²) in [7, 11) is -3.04. The lowest BCUT2D eigenvalue weighted by Crippen LogP contribution is -2.27. The molecule has 0 aromatic carbocycles. The van der Waals surface area contributed by atoms with Crippen LogP contribution in [0.5, 0.6) is 0 Å². The van der Waals surface area contributed by atoms with Crippen molar-refractivity contribution in [1.29, 1.82) is 0 Å². The van der Waals surface area contributed by atoms with Gasteiger partial charge in [-0.2, -0.15) is 0 Å². The largest absolute Gasteiger partial charge is 0.366 e. The van der Waals surface area contributed by atoms with Crippen molar-refractivity contribution in [3.8, 4) is 0 Å². The first-order valence-corrected chi connectivity index (χ1v) is 8.38. The molecule has 0 amide bonds. The molecule has 20 heavy (non-hydrogen) atoms. The van der Waals surface area contributed by atoms with E-state index in [4.69, 9.17) is 5.84 Å². The Bertz CT molecular complexity index is 566. The van der Waals surface area contributed by atoms with Crippen LogP contribution in [0.1, 0.15) is 33.5 Å². The minimum atomic E-state index is -3.04. The molecule has 4 N–H and O–H groups in total. The zero-order chi connectivity index (χ0) is 15.6. The first kappa shape index (κ1) is 16.6. The number of nitrogens with zero attached hydrogens (tertiary/aromatic N) is 2. The van der Waals surface area contributed by atoms with Crippen molar-refractivity contribution in [2.45, 2.75) is 39.2 Å². The molecule has 0 saturated heterocycles. The Labute approximate surface area is 120 Å². The van der Waals surface area contributed by atoms with Crippen molar-refractivity contribution >= 4 is 21.5 Å². The molecule has 0 fully saturated rings. The minimum absolute atomic E-state index is 0.0350. The number of nitrogens with one attached hydrogen (secondary N) is 2. The number of rotatable bonds is 5. The van der Waals surface area contributed by atoms with Crippen molar-refractivity contribution in [2.24, 2.45) is 5.84 Å². The van der Waals surface area contributed by atoms with Crippen LogP contribution in [-0.2, 0) is 15.3 Å². The van der Waals surface area contributed by atoms with Crippen LogP contribution in [0.4, 0.5) is 11.6 Å². The van der Waals surface area contributed by atoms with Gasteiger partial charge in [-0.3, -0.25) is 0 Å². The molecule has 1 unspecified atom stereocenters. The Balaban J connectivity index is 3.00. The quantitative estimate of drug-likeness (QED) is 0.547. The standard InChI is InChI=1S/C12H23N5O2S/c1-8(7-20(5,18)19)14-9-6-10(17-13)16-11(15-9)12(2,3)4/h6,8H,7,13H2,1-5H3,(H2,14,15,16,17). The number of hydrazine groups is 1. The third kappa shape index (κ3) is 5.30. The summed E-state index contributed by atoms with van der Waals surface area (Å²) >= 11 is 0. The second-order valence-electron chi connectivity index (χ2n) is 5.99. The van der Waals surface area contributed by atoms with Gasteiger partial charge >= 0.3 is 0 Å². The van der Waals surface area contributed by atoms with Crippen LogP contribution in [0, 0.1) is 0 Å². The van der Waals surface area contributed by atoms with Crippen molar-refractivity contribution in [3.05, 3.63) is 11.9 Å². The number of anilines is 2. The zero-order valence-corrected chi connectivity index (χ0v) is 13.4. The van der Waals surface area contributed by atoms with Gasteiger partial charge in [-0.05, 0) is 6.92 Å². The first-order valence-electron chi connectivity index (χ1n) is 6.31. The molecule has 0 spiro atoms. The van der Waals surface area contributed by atoms with E-state index in [9.17, 15) is 8.42 Å². The summed E-state index contributed by atoms with van der Waals surface area (Å²) in [6.45, 7) is 7.76. The van der Waals surface area contributed by atoms with Crippen LogP contribution in [0.3, 0.4) is 0 Å². The fraction of sp³-hybridized carbons (Fsp3) is 0.667. The average molecular weight is 301 g/mol.